The van der Waals surface area contributed by atoms with Crippen molar-refractivity contribution in [2.24, 2.45) is 0 Å². The number of aliphatic carboxylic acids is 1. The van der Waals surface area contributed by atoms with Crippen molar-refractivity contribution in [1.29, 1.82) is 0 Å². The molecule has 15 heteroatoms. The molecular formula is C22H27B2F2N3O8. The van der Waals surface area contributed by atoms with Crippen molar-refractivity contribution in [2.75, 3.05) is 32.7 Å². The molecule has 37 heavy (non-hydrogen) atoms. The lowest BCUT2D eigenvalue weighted by Crippen LogP contribution is -2.36. The van der Waals surface area contributed by atoms with Crippen LogP contribution < -0.4 is 21.6 Å². The maximum atomic E-state index is 13.6. The molecule has 0 saturated heterocycles. The van der Waals surface area contributed by atoms with Crippen molar-refractivity contribution in [3.8, 4) is 0 Å². The molecule has 0 aliphatic rings. The van der Waals surface area contributed by atoms with Gasteiger partial charge in [0.05, 0.1) is 6.54 Å². The summed E-state index contributed by atoms with van der Waals surface area (Å²) in [4.78, 5) is 37.2. The molecule has 0 saturated carbocycles. The van der Waals surface area contributed by atoms with Gasteiger partial charge in [-0.1, -0.05) is 0 Å². The second-order valence-corrected chi connectivity index (χ2v) is 8.18. The Labute approximate surface area is 212 Å². The van der Waals surface area contributed by atoms with Gasteiger partial charge in [0.2, 0.25) is 0 Å². The van der Waals surface area contributed by atoms with Crippen LogP contribution in [0.4, 0.5) is 8.78 Å². The van der Waals surface area contributed by atoms with Crippen LogP contribution >= 0.6 is 0 Å². The summed E-state index contributed by atoms with van der Waals surface area (Å²) in [5, 5.41) is 50.9. The molecular weight excluding hydrogens is 494 g/mol. The molecule has 198 valence electrons. The molecule has 0 fully saturated rings. The predicted octanol–water partition coefficient (Wildman–Crippen LogP) is -2.35. The molecule has 2 aromatic rings. The van der Waals surface area contributed by atoms with Gasteiger partial charge >= 0.3 is 20.2 Å². The third-order valence-corrected chi connectivity index (χ3v) is 5.19. The maximum Gasteiger partial charge on any atom is 0.488 e. The van der Waals surface area contributed by atoms with Crippen LogP contribution in [-0.4, -0.2) is 94.8 Å². The van der Waals surface area contributed by atoms with E-state index in [1.54, 1.807) is 4.90 Å². The average molecular weight is 521 g/mol. The van der Waals surface area contributed by atoms with E-state index in [9.17, 15) is 23.2 Å². The summed E-state index contributed by atoms with van der Waals surface area (Å²) in [6.45, 7) is 0.554. The van der Waals surface area contributed by atoms with Gasteiger partial charge in [-0.3, -0.25) is 19.3 Å². The number of benzene rings is 2. The average Bonchev–Trinajstić information content (AvgIpc) is 2.82. The maximum absolute atomic E-state index is 13.6. The summed E-state index contributed by atoms with van der Waals surface area (Å²) in [5.74, 6) is -3.96. The number of amides is 2. The highest BCUT2D eigenvalue weighted by Gasteiger charge is 2.18. The molecule has 7 N–H and O–H groups in total. The minimum absolute atomic E-state index is 0.0971. The van der Waals surface area contributed by atoms with E-state index in [0.29, 0.717) is 12.8 Å². The Bertz CT molecular complexity index is 1030. The van der Waals surface area contributed by atoms with Crippen LogP contribution in [0.5, 0.6) is 0 Å². The molecule has 0 heterocycles. The van der Waals surface area contributed by atoms with Gasteiger partial charge < -0.3 is 35.8 Å². The summed E-state index contributed by atoms with van der Waals surface area (Å²) in [6.07, 6.45) is 0.706. The second kappa shape index (κ2) is 14.4. The van der Waals surface area contributed by atoms with Gasteiger partial charge in [0.25, 0.3) is 11.8 Å². The normalized spacial score (nSPS) is 10.8. The van der Waals surface area contributed by atoms with Crippen molar-refractivity contribution < 1.29 is 48.4 Å². The molecule has 0 aromatic heterocycles. The topological polar surface area (TPSA) is 180 Å². The van der Waals surface area contributed by atoms with Crippen LogP contribution in [0.25, 0.3) is 0 Å². The molecule has 0 unspecified atom stereocenters. The van der Waals surface area contributed by atoms with E-state index in [4.69, 9.17) is 25.2 Å². The minimum atomic E-state index is -1.93. The highest BCUT2D eigenvalue weighted by molar-refractivity contribution is 6.59. The van der Waals surface area contributed by atoms with Crippen LogP contribution in [0.15, 0.2) is 36.4 Å². The highest BCUT2D eigenvalue weighted by atomic mass is 19.1. The van der Waals surface area contributed by atoms with Crippen LogP contribution in [-0.2, 0) is 4.79 Å². The first-order valence-corrected chi connectivity index (χ1v) is 11.3. The Morgan fingerprint density at radius 1 is 0.730 bits per heavy atom. The lowest BCUT2D eigenvalue weighted by atomic mass is 9.79. The summed E-state index contributed by atoms with van der Waals surface area (Å²) in [5.41, 5.74) is -0.539. The van der Waals surface area contributed by atoms with Crippen molar-refractivity contribution in [3.63, 3.8) is 0 Å². The number of nitrogens with one attached hydrogen (secondary N) is 2. The molecule has 0 atom stereocenters. The van der Waals surface area contributed by atoms with Crippen molar-refractivity contribution in [2.45, 2.75) is 12.8 Å². The number of carbonyl (C=O) groups is 3. The van der Waals surface area contributed by atoms with E-state index in [0.717, 1.165) is 36.4 Å². The van der Waals surface area contributed by atoms with Crippen molar-refractivity contribution in [1.82, 2.24) is 15.5 Å². The molecule has 2 amide bonds. The standard InChI is InChI=1S/C22H27B2F2N3O8/c25-18-9-14(7-16(11-18)23(34)35)21(32)27-3-1-5-29(13-20(30)31)6-2-4-28-22(33)15-8-17(24(36)37)12-19(26)10-15/h7-12,34-37H,1-6,13H2,(H,27,32)(H,28,33)(H,30,31). The Morgan fingerprint density at radius 2 is 1.14 bits per heavy atom. The molecule has 2 rings (SSSR count). The fraction of sp³-hybridized carbons (Fsp3) is 0.318. The van der Waals surface area contributed by atoms with E-state index in [1.807, 2.05) is 0 Å². The Kier molecular flexibility index (Phi) is 11.6. The number of nitrogens with zero attached hydrogens (tertiary/aromatic N) is 1. The van der Waals surface area contributed by atoms with E-state index < -0.39 is 43.7 Å². The molecule has 2 aromatic carbocycles. The summed E-state index contributed by atoms with van der Waals surface area (Å²) < 4.78 is 27.2. The number of carboxylic acid groups (broad SMARTS) is 1. The summed E-state index contributed by atoms with van der Waals surface area (Å²) in [7, 11) is -3.87. The van der Waals surface area contributed by atoms with Crippen molar-refractivity contribution >= 4 is 42.9 Å². The third-order valence-electron chi connectivity index (χ3n) is 5.19. The number of hydrogen-bond acceptors (Lipinski definition) is 8. The van der Waals surface area contributed by atoms with Gasteiger partial charge in [0.15, 0.2) is 0 Å². The SMILES string of the molecule is O=C(O)CN(CCCNC(=O)c1cc(F)cc(B(O)O)c1)CCCNC(=O)c1cc(F)cc(B(O)O)c1. The highest BCUT2D eigenvalue weighted by Crippen LogP contribution is 2.04. The first-order chi connectivity index (χ1) is 17.5. The zero-order valence-electron chi connectivity index (χ0n) is 19.7. The zero-order valence-corrected chi connectivity index (χ0v) is 19.7. The van der Waals surface area contributed by atoms with Gasteiger partial charge in [-0.25, -0.2) is 8.78 Å². The molecule has 0 radical (unpaired) electrons. The second-order valence-electron chi connectivity index (χ2n) is 8.18. The van der Waals surface area contributed by atoms with Gasteiger partial charge in [-0.05, 0) is 60.2 Å². The Hall–Kier alpha value is -3.36. The van der Waals surface area contributed by atoms with Gasteiger partial charge in [-0.15, -0.1) is 0 Å². The number of carboxylic acids is 1. The smallest absolute Gasteiger partial charge is 0.480 e. The molecule has 0 aliphatic carbocycles. The molecule has 11 nitrogen and oxygen atoms in total. The van der Waals surface area contributed by atoms with Gasteiger partial charge in [0.1, 0.15) is 11.6 Å². The van der Waals surface area contributed by atoms with Gasteiger partial charge in [0, 0.05) is 37.3 Å². The molecule has 0 bridgehead atoms. The number of halogens is 2. The molecule has 0 spiro atoms. The monoisotopic (exact) mass is 521 g/mol. The lowest BCUT2D eigenvalue weighted by molar-refractivity contribution is -0.138. The molecule has 0 aliphatic heterocycles. The Morgan fingerprint density at radius 3 is 1.49 bits per heavy atom. The number of rotatable bonds is 14. The largest absolute Gasteiger partial charge is 0.488 e. The van der Waals surface area contributed by atoms with E-state index in [-0.39, 0.29) is 54.8 Å². The minimum Gasteiger partial charge on any atom is -0.480 e. The fourth-order valence-corrected chi connectivity index (χ4v) is 3.46. The quantitative estimate of drug-likeness (QED) is 0.106. The fourth-order valence-electron chi connectivity index (χ4n) is 3.46. The first kappa shape index (κ1) is 29.9. The van der Waals surface area contributed by atoms with Crippen LogP contribution in [0.2, 0.25) is 0 Å². The summed E-state index contributed by atoms with van der Waals surface area (Å²) in [6, 6.07) is 5.96. The van der Waals surface area contributed by atoms with Crippen LogP contribution in [0.1, 0.15) is 33.6 Å². The summed E-state index contributed by atoms with van der Waals surface area (Å²) >= 11 is 0. The Balaban J connectivity index is 1.80. The number of hydrogen-bond donors (Lipinski definition) is 7. The predicted molar refractivity (Wildman–Crippen MR) is 130 cm³/mol. The zero-order chi connectivity index (χ0) is 27.5. The van der Waals surface area contributed by atoms with Crippen molar-refractivity contribution in [3.05, 3.63) is 59.2 Å². The van der Waals surface area contributed by atoms with E-state index in [2.05, 4.69) is 10.6 Å². The number of carbonyl (C=O) groups excluding carboxylic acids is 2. The van der Waals surface area contributed by atoms with Crippen LogP contribution in [0, 0.1) is 11.6 Å². The van der Waals surface area contributed by atoms with Crippen LogP contribution in [0.3, 0.4) is 0 Å². The first-order valence-electron chi connectivity index (χ1n) is 11.3. The van der Waals surface area contributed by atoms with E-state index in [1.165, 1.54) is 0 Å². The van der Waals surface area contributed by atoms with E-state index >= 15 is 0 Å². The third kappa shape index (κ3) is 10.3. The lowest BCUT2D eigenvalue weighted by Gasteiger charge is -2.20. The van der Waals surface area contributed by atoms with Gasteiger partial charge in [-0.2, -0.15) is 0 Å².